The summed E-state index contributed by atoms with van der Waals surface area (Å²) in [7, 11) is 0. The number of imidazole rings is 1. The molecule has 2 N–H and O–H groups in total. The van der Waals surface area contributed by atoms with Crippen LogP contribution in [0.15, 0.2) is 88.7 Å². The first kappa shape index (κ1) is 22.6. The van der Waals surface area contributed by atoms with Crippen molar-refractivity contribution >= 4 is 28.8 Å². The fraction of sp³-hybridized carbons (Fsp3) is 0.111. The number of carboxylic acids is 1. The van der Waals surface area contributed by atoms with Crippen LogP contribution in [0.1, 0.15) is 27.3 Å². The highest BCUT2D eigenvalue weighted by atomic mass is 32.2. The molecule has 5 aromatic rings. The molecule has 2 heterocycles. The molecule has 3 aromatic carbocycles. The van der Waals surface area contributed by atoms with E-state index in [0.717, 1.165) is 22.7 Å². The van der Waals surface area contributed by atoms with E-state index in [2.05, 4.69) is 27.3 Å². The van der Waals surface area contributed by atoms with E-state index >= 15 is 0 Å². The van der Waals surface area contributed by atoms with Gasteiger partial charge in [0.2, 0.25) is 0 Å². The number of hydrogen-bond acceptors (Lipinski definition) is 5. The summed E-state index contributed by atoms with van der Waals surface area (Å²) < 4.78 is 1.89. The van der Waals surface area contributed by atoms with Gasteiger partial charge in [-0.3, -0.25) is 4.79 Å². The lowest BCUT2D eigenvalue weighted by atomic mass is 9.99. The van der Waals surface area contributed by atoms with Crippen molar-refractivity contribution in [3.05, 3.63) is 112 Å². The Morgan fingerprint density at radius 1 is 0.971 bits per heavy atom. The fourth-order valence-corrected chi connectivity index (χ4v) is 4.95. The van der Waals surface area contributed by atoms with Gasteiger partial charge in [0.25, 0.3) is 5.56 Å². The number of H-pyrrole nitrogens is 1. The average molecular weight is 483 g/mol. The molecule has 0 aliphatic heterocycles. The van der Waals surface area contributed by atoms with E-state index in [1.165, 1.54) is 17.3 Å². The van der Waals surface area contributed by atoms with Crippen molar-refractivity contribution in [1.29, 1.82) is 0 Å². The van der Waals surface area contributed by atoms with Gasteiger partial charge in [0.1, 0.15) is 21.9 Å². The molecule has 0 radical (unpaired) electrons. The molecular weight excluding hydrogens is 460 g/mol. The van der Waals surface area contributed by atoms with Crippen molar-refractivity contribution in [3.8, 4) is 11.1 Å². The molecule has 35 heavy (non-hydrogen) atoms. The highest BCUT2D eigenvalue weighted by Gasteiger charge is 2.17. The van der Waals surface area contributed by atoms with Crippen LogP contribution in [0, 0.1) is 6.92 Å². The minimum atomic E-state index is -0.959. The first-order valence-corrected chi connectivity index (χ1v) is 12.0. The van der Waals surface area contributed by atoms with Crippen LogP contribution >= 0.6 is 11.8 Å². The smallest absolute Gasteiger partial charge is 0.336 e. The van der Waals surface area contributed by atoms with Gasteiger partial charge >= 0.3 is 5.97 Å². The molecule has 0 spiro atoms. The van der Waals surface area contributed by atoms with Crippen LogP contribution in [0.2, 0.25) is 0 Å². The first-order chi connectivity index (χ1) is 17.0. The maximum atomic E-state index is 12.7. The molecule has 5 rings (SSSR count). The molecule has 0 fully saturated rings. The summed E-state index contributed by atoms with van der Waals surface area (Å²) in [6.45, 7) is 2.33. The third-order valence-corrected chi connectivity index (χ3v) is 6.85. The molecule has 0 aliphatic rings. The summed E-state index contributed by atoms with van der Waals surface area (Å²) in [5.74, 6) is 0.486. The molecule has 0 amide bonds. The van der Waals surface area contributed by atoms with Crippen LogP contribution in [0.25, 0.3) is 22.2 Å². The van der Waals surface area contributed by atoms with Gasteiger partial charge in [-0.1, -0.05) is 84.6 Å². The van der Waals surface area contributed by atoms with E-state index < -0.39 is 5.97 Å². The Bertz CT molecular complexity index is 1570. The predicted molar refractivity (Wildman–Crippen MR) is 137 cm³/mol. The van der Waals surface area contributed by atoms with Gasteiger partial charge in [0.15, 0.2) is 0 Å². The highest BCUT2D eigenvalue weighted by molar-refractivity contribution is 7.98. The lowest BCUT2D eigenvalue weighted by molar-refractivity contribution is 0.0697. The van der Waals surface area contributed by atoms with Crippen LogP contribution in [0.4, 0.5) is 0 Å². The number of benzene rings is 3. The molecule has 174 valence electrons. The van der Waals surface area contributed by atoms with Gasteiger partial charge in [-0.05, 0) is 35.2 Å². The van der Waals surface area contributed by atoms with Crippen molar-refractivity contribution < 1.29 is 9.90 Å². The number of rotatable bonds is 7. The highest BCUT2D eigenvalue weighted by Crippen LogP contribution is 2.28. The van der Waals surface area contributed by atoms with E-state index in [1.807, 2.05) is 60.0 Å². The number of nitrogens with one attached hydrogen (secondary N) is 1. The van der Waals surface area contributed by atoms with Crippen LogP contribution in [0.5, 0.6) is 0 Å². The second-order valence-electron chi connectivity index (χ2n) is 8.12. The molecular formula is C27H22N4O3S. The number of carboxylic acid groups (broad SMARTS) is 1. The molecule has 0 atom stereocenters. The maximum Gasteiger partial charge on any atom is 0.336 e. The van der Waals surface area contributed by atoms with Crippen LogP contribution < -0.4 is 5.56 Å². The largest absolute Gasteiger partial charge is 0.478 e. The summed E-state index contributed by atoms with van der Waals surface area (Å²) in [6.07, 6.45) is 0. The molecule has 0 saturated carbocycles. The fourth-order valence-electron chi connectivity index (χ4n) is 4.07. The van der Waals surface area contributed by atoms with E-state index in [4.69, 9.17) is 0 Å². The number of aromatic amines is 1. The molecule has 2 aromatic heterocycles. The number of aromatic nitrogens is 4. The molecule has 8 heteroatoms. The van der Waals surface area contributed by atoms with Crippen molar-refractivity contribution in [3.63, 3.8) is 0 Å². The number of carbonyl (C=O) groups is 1. The van der Waals surface area contributed by atoms with Crippen LogP contribution in [0.3, 0.4) is 0 Å². The number of fused-ring (bicyclic) bond motifs is 1. The standard InChI is InChI=1S/C27H22N4O3S/c1-17-28-23-24(25(32)29-30-26(23)35-16-19-7-3-2-4-8-19)31(17)15-18-11-13-20(14-12-18)21-9-5-6-10-22(21)27(33)34/h2-14H,15-16H2,1H3,(H,29,32)(H,33,34). The lowest BCUT2D eigenvalue weighted by Crippen LogP contribution is -2.14. The van der Waals surface area contributed by atoms with Gasteiger partial charge in [-0.25, -0.2) is 14.9 Å². The van der Waals surface area contributed by atoms with E-state index in [9.17, 15) is 14.7 Å². The SMILES string of the molecule is Cc1nc2c(SCc3ccccc3)n[nH]c(=O)c2n1Cc1ccc(-c2ccccc2C(=O)O)cc1. The Labute approximate surface area is 205 Å². The monoisotopic (exact) mass is 482 g/mol. The minimum absolute atomic E-state index is 0.260. The van der Waals surface area contributed by atoms with Crippen molar-refractivity contribution in [2.24, 2.45) is 0 Å². The number of nitrogens with zero attached hydrogens (tertiary/aromatic N) is 3. The molecule has 0 unspecified atom stereocenters. The second kappa shape index (κ2) is 9.60. The summed E-state index contributed by atoms with van der Waals surface area (Å²) in [5, 5.41) is 17.0. The zero-order valence-corrected chi connectivity index (χ0v) is 19.7. The Hall–Kier alpha value is -4.17. The van der Waals surface area contributed by atoms with Gasteiger partial charge in [0, 0.05) is 12.3 Å². The summed E-state index contributed by atoms with van der Waals surface area (Å²) >= 11 is 1.54. The Morgan fingerprint density at radius 3 is 2.43 bits per heavy atom. The lowest BCUT2D eigenvalue weighted by Gasteiger charge is -2.10. The van der Waals surface area contributed by atoms with E-state index in [-0.39, 0.29) is 11.1 Å². The van der Waals surface area contributed by atoms with Crippen molar-refractivity contribution in [2.75, 3.05) is 0 Å². The molecule has 0 bridgehead atoms. The van der Waals surface area contributed by atoms with Crippen molar-refractivity contribution in [1.82, 2.24) is 19.7 Å². The minimum Gasteiger partial charge on any atom is -0.478 e. The quantitative estimate of drug-likeness (QED) is 0.312. The van der Waals surface area contributed by atoms with Crippen LogP contribution in [-0.4, -0.2) is 30.8 Å². The number of hydrogen-bond donors (Lipinski definition) is 2. The summed E-state index contributed by atoms with van der Waals surface area (Å²) in [6, 6.07) is 24.7. The van der Waals surface area contributed by atoms with E-state index in [1.54, 1.807) is 18.2 Å². The van der Waals surface area contributed by atoms with Gasteiger partial charge in [-0.15, -0.1) is 0 Å². The Kier molecular flexibility index (Phi) is 6.20. The number of thioether (sulfide) groups is 1. The van der Waals surface area contributed by atoms with Gasteiger partial charge in [0.05, 0.1) is 5.56 Å². The topological polar surface area (TPSA) is 101 Å². The van der Waals surface area contributed by atoms with Crippen molar-refractivity contribution in [2.45, 2.75) is 24.2 Å². The predicted octanol–water partition coefficient (Wildman–Crippen LogP) is 5.13. The third kappa shape index (κ3) is 4.61. The number of aryl methyl sites for hydroxylation is 1. The first-order valence-electron chi connectivity index (χ1n) is 11.0. The zero-order chi connectivity index (χ0) is 24.4. The molecule has 0 aliphatic carbocycles. The van der Waals surface area contributed by atoms with Crippen LogP contribution in [-0.2, 0) is 12.3 Å². The molecule has 7 nitrogen and oxygen atoms in total. The Balaban J connectivity index is 1.44. The average Bonchev–Trinajstić information content (AvgIpc) is 3.21. The van der Waals surface area contributed by atoms with E-state index in [0.29, 0.717) is 28.2 Å². The summed E-state index contributed by atoms with van der Waals surface area (Å²) in [4.78, 5) is 29.0. The Morgan fingerprint density at radius 2 is 1.69 bits per heavy atom. The maximum absolute atomic E-state index is 12.7. The second-order valence-corrected chi connectivity index (χ2v) is 9.09. The van der Waals surface area contributed by atoms with Gasteiger partial charge < -0.3 is 9.67 Å². The molecule has 0 saturated heterocycles. The zero-order valence-electron chi connectivity index (χ0n) is 18.9. The summed E-state index contributed by atoms with van der Waals surface area (Å²) in [5.41, 5.74) is 4.69. The number of aromatic carboxylic acids is 1. The van der Waals surface area contributed by atoms with Gasteiger partial charge in [-0.2, -0.15) is 5.10 Å². The third-order valence-electron chi connectivity index (χ3n) is 5.82. The normalized spacial score (nSPS) is 11.1.